The lowest BCUT2D eigenvalue weighted by Crippen LogP contribution is -2.12. The van der Waals surface area contributed by atoms with Gasteiger partial charge in [-0.15, -0.1) is 11.3 Å². The number of hydrogen-bond acceptors (Lipinski definition) is 6. The first-order valence-corrected chi connectivity index (χ1v) is 8.73. The summed E-state index contributed by atoms with van der Waals surface area (Å²) in [5.74, 6) is 0.287. The van der Waals surface area contributed by atoms with Crippen molar-refractivity contribution in [2.45, 2.75) is 39.2 Å². The van der Waals surface area contributed by atoms with Crippen LogP contribution in [0.1, 0.15) is 45.2 Å². The first-order chi connectivity index (χ1) is 11.7. The summed E-state index contributed by atoms with van der Waals surface area (Å²) in [6.45, 7) is 2.41. The number of aryl methyl sites for hydroxylation is 3. The molecule has 1 N–H and O–H groups in total. The molecule has 0 atom stereocenters. The fraction of sp³-hybridized carbons (Fsp3) is 0.375. The van der Waals surface area contributed by atoms with E-state index in [-0.39, 0.29) is 11.6 Å². The van der Waals surface area contributed by atoms with Gasteiger partial charge >= 0.3 is 0 Å². The fourth-order valence-electron chi connectivity index (χ4n) is 2.77. The second-order valence-electron chi connectivity index (χ2n) is 5.94. The van der Waals surface area contributed by atoms with Gasteiger partial charge in [-0.2, -0.15) is 5.10 Å². The molecule has 1 amide bonds. The number of carbonyl (C=O) groups excluding carboxylic acids is 1. The zero-order valence-electron chi connectivity index (χ0n) is 13.3. The summed E-state index contributed by atoms with van der Waals surface area (Å²) < 4.78 is 6.97. The maximum absolute atomic E-state index is 12.3. The molecule has 3 aromatic rings. The molecule has 0 saturated heterocycles. The molecule has 0 unspecified atom stereocenters. The molecule has 3 aromatic heterocycles. The van der Waals surface area contributed by atoms with Crippen LogP contribution >= 0.6 is 11.3 Å². The van der Waals surface area contributed by atoms with Crippen molar-refractivity contribution in [3.63, 3.8) is 0 Å². The Hall–Kier alpha value is -2.48. The third kappa shape index (κ3) is 3.09. The lowest BCUT2D eigenvalue weighted by Gasteiger charge is -2.06. The van der Waals surface area contributed by atoms with E-state index in [9.17, 15) is 4.79 Å². The van der Waals surface area contributed by atoms with Crippen molar-refractivity contribution >= 4 is 22.4 Å². The molecule has 1 aliphatic rings. The van der Waals surface area contributed by atoms with Crippen molar-refractivity contribution in [1.29, 1.82) is 0 Å². The number of fused-ring (bicyclic) bond motifs is 1. The lowest BCUT2D eigenvalue weighted by atomic mass is 10.0. The van der Waals surface area contributed by atoms with Crippen LogP contribution in [0.25, 0.3) is 0 Å². The molecule has 7 nitrogen and oxygen atoms in total. The number of nitrogens with zero attached hydrogens (tertiary/aromatic N) is 4. The van der Waals surface area contributed by atoms with Gasteiger partial charge in [0.25, 0.3) is 5.91 Å². The topological polar surface area (TPSA) is 85.8 Å². The van der Waals surface area contributed by atoms with Gasteiger partial charge in [-0.1, -0.05) is 5.16 Å². The molecule has 0 saturated carbocycles. The molecule has 0 aliphatic heterocycles. The van der Waals surface area contributed by atoms with Crippen LogP contribution in [0.3, 0.4) is 0 Å². The van der Waals surface area contributed by atoms with Crippen molar-refractivity contribution in [1.82, 2.24) is 19.9 Å². The number of amides is 1. The van der Waals surface area contributed by atoms with E-state index >= 15 is 0 Å². The van der Waals surface area contributed by atoms with Crippen LogP contribution in [0.5, 0.6) is 0 Å². The Bertz CT molecular complexity index is 855. The molecular weight excluding hydrogens is 326 g/mol. The minimum absolute atomic E-state index is 0.252. The Morgan fingerprint density at radius 2 is 2.29 bits per heavy atom. The van der Waals surface area contributed by atoms with Gasteiger partial charge in [0.15, 0.2) is 16.6 Å². The summed E-state index contributed by atoms with van der Waals surface area (Å²) >= 11 is 1.55. The summed E-state index contributed by atoms with van der Waals surface area (Å²) in [5.41, 5.74) is 2.44. The predicted octanol–water partition coefficient (Wildman–Crippen LogP) is 2.82. The zero-order chi connectivity index (χ0) is 16.5. The van der Waals surface area contributed by atoms with Gasteiger partial charge < -0.3 is 4.52 Å². The Morgan fingerprint density at radius 3 is 3.08 bits per heavy atom. The first kappa shape index (κ1) is 15.1. The highest BCUT2D eigenvalue weighted by molar-refractivity contribution is 7.15. The monoisotopic (exact) mass is 343 g/mol. The zero-order valence-corrected chi connectivity index (χ0v) is 14.1. The minimum Gasteiger partial charge on any atom is -0.359 e. The molecule has 124 valence electrons. The molecule has 24 heavy (non-hydrogen) atoms. The maximum atomic E-state index is 12.3. The summed E-state index contributed by atoms with van der Waals surface area (Å²) in [5, 5.41) is 11.5. The van der Waals surface area contributed by atoms with Gasteiger partial charge in [0.1, 0.15) is 6.54 Å². The maximum Gasteiger partial charge on any atom is 0.279 e. The largest absolute Gasteiger partial charge is 0.359 e. The van der Waals surface area contributed by atoms with Gasteiger partial charge in [0.05, 0.1) is 11.9 Å². The molecule has 0 radical (unpaired) electrons. The van der Waals surface area contributed by atoms with E-state index in [0.717, 1.165) is 24.1 Å². The number of aromatic nitrogens is 4. The number of rotatable bonds is 4. The van der Waals surface area contributed by atoms with E-state index in [1.807, 2.05) is 13.1 Å². The highest BCUT2D eigenvalue weighted by Gasteiger charge is 2.18. The SMILES string of the molecule is Cc1cnn(Cc2cc(C(=O)Nc3nc4c(s3)CCCC4)no2)c1. The van der Waals surface area contributed by atoms with E-state index in [1.54, 1.807) is 28.3 Å². The second kappa shape index (κ2) is 6.20. The van der Waals surface area contributed by atoms with Gasteiger partial charge in [-0.3, -0.25) is 14.8 Å². The Morgan fingerprint density at radius 1 is 1.42 bits per heavy atom. The average molecular weight is 343 g/mol. The summed E-state index contributed by atoms with van der Waals surface area (Å²) in [4.78, 5) is 18.1. The second-order valence-corrected chi connectivity index (χ2v) is 7.03. The third-order valence-corrected chi connectivity index (χ3v) is 5.01. The Balaban J connectivity index is 1.44. The van der Waals surface area contributed by atoms with Gasteiger partial charge in [-0.05, 0) is 38.2 Å². The van der Waals surface area contributed by atoms with Crippen molar-refractivity contribution in [2.75, 3.05) is 5.32 Å². The molecule has 8 heteroatoms. The highest BCUT2D eigenvalue weighted by atomic mass is 32.1. The van der Waals surface area contributed by atoms with Crippen LogP contribution in [-0.2, 0) is 19.4 Å². The average Bonchev–Trinajstić information content (AvgIpc) is 3.27. The molecule has 1 aliphatic carbocycles. The molecule has 0 spiro atoms. The van der Waals surface area contributed by atoms with E-state index in [2.05, 4.69) is 20.6 Å². The van der Waals surface area contributed by atoms with Gasteiger partial charge in [-0.25, -0.2) is 4.98 Å². The number of hydrogen-bond donors (Lipinski definition) is 1. The molecule has 0 aromatic carbocycles. The van der Waals surface area contributed by atoms with E-state index in [0.29, 0.717) is 17.4 Å². The number of anilines is 1. The normalized spacial score (nSPS) is 13.7. The Labute approximate surface area is 142 Å². The van der Waals surface area contributed by atoms with Crippen LogP contribution in [0, 0.1) is 6.92 Å². The van der Waals surface area contributed by atoms with Crippen molar-refractivity contribution in [2.24, 2.45) is 0 Å². The minimum atomic E-state index is -0.298. The van der Waals surface area contributed by atoms with E-state index in [1.165, 1.54) is 17.7 Å². The van der Waals surface area contributed by atoms with Crippen molar-refractivity contribution in [3.8, 4) is 0 Å². The van der Waals surface area contributed by atoms with Crippen molar-refractivity contribution in [3.05, 3.63) is 46.0 Å². The molecule has 0 fully saturated rings. The molecule has 4 rings (SSSR count). The lowest BCUT2D eigenvalue weighted by molar-refractivity contribution is 0.101. The molecular formula is C16H17N5O2S. The first-order valence-electron chi connectivity index (χ1n) is 7.92. The number of carbonyl (C=O) groups is 1. The van der Waals surface area contributed by atoms with Crippen LogP contribution in [0.4, 0.5) is 5.13 Å². The standard InChI is InChI=1S/C16H17N5O2S/c1-10-7-17-21(8-10)9-11-6-13(20-23-11)15(22)19-16-18-12-4-2-3-5-14(12)24-16/h6-8H,2-5,9H2,1H3,(H,18,19,22). The Kier molecular flexibility index (Phi) is 3.89. The number of thiazole rings is 1. The number of nitrogens with one attached hydrogen (secondary N) is 1. The third-order valence-electron chi connectivity index (χ3n) is 3.94. The quantitative estimate of drug-likeness (QED) is 0.787. The van der Waals surface area contributed by atoms with Crippen molar-refractivity contribution < 1.29 is 9.32 Å². The highest BCUT2D eigenvalue weighted by Crippen LogP contribution is 2.29. The van der Waals surface area contributed by atoms with E-state index < -0.39 is 0 Å². The van der Waals surface area contributed by atoms with Crippen LogP contribution in [0.15, 0.2) is 23.0 Å². The van der Waals surface area contributed by atoms with E-state index in [4.69, 9.17) is 4.52 Å². The van der Waals surface area contributed by atoms with Crippen LogP contribution in [0.2, 0.25) is 0 Å². The van der Waals surface area contributed by atoms with Crippen LogP contribution in [-0.4, -0.2) is 25.8 Å². The summed E-state index contributed by atoms with van der Waals surface area (Å²) in [6.07, 6.45) is 8.10. The fourth-order valence-corrected chi connectivity index (χ4v) is 3.82. The van der Waals surface area contributed by atoms with Crippen LogP contribution < -0.4 is 5.32 Å². The summed E-state index contributed by atoms with van der Waals surface area (Å²) in [6, 6.07) is 1.64. The molecule has 3 heterocycles. The predicted molar refractivity (Wildman–Crippen MR) is 89.3 cm³/mol. The molecule has 0 bridgehead atoms. The smallest absolute Gasteiger partial charge is 0.279 e. The van der Waals surface area contributed by atoms with Gasteiger partial charge in [0, 0.05) is 17.1 Å². The van der Waals surface area contributed by atoms with Gasteiger partial charge in [0.2, 0.25) is 0 Å². The summed E-state index contributed by atoms with van der Waals surface area (Å²) in [7, 11) is 0.